The highest BCUT2D eigenvalue weighted by Gasteiger charge is 2.11. The average molecular weight is 173 g/mol. The number of nitrogens with zero attached hydrogens (tertiary/aromatic N) is 1. The molecule has 0 aromatic rings. The quantitative estimate of drug-likeness (QED) is 0.668. The van der Waals surface area contributed by atoms with Crippen molar-refractivity contribution in [2.24, 2.45) is 5.92 Å². The molecule has 0 aliphatic carbocycles. The van der Waals surface area contributed by atoms with Crippen LogP contribution < -0.4 is 0 Å². The largest absolute Gasteiger partial charge is 0.396 e. The number of rotatable bonds is 3. The van der Waals surface area contributed by atoms with E-state index in [1.165, 1.54) is 0 Å². The van der Waals surface area contributed by atoms with E-state index in [0.717, 1.165) is 39.3 Å². The maximum atomic E-state index is 8.88. The molecule has 0 aromatic carbocycles. The molecule has 3 heteroatoms. The molecule has 3 nitrogen and oxygen atoms in total. The summed E-state index contributed by atoms with van der Waals surface area (Å²) in [5, 5.41) is 8.88. The van der Waals surface area contributed by atoms with Gasteiger partial charge < -0.3 is 14.7 Å². The number of hydrogen-bond donors (Lipinski definition) is 1. The van der Waals surface area contributed by atoms with Crippen molar-refractivity contribution < 1.29 is 9.84 Å². The summed E-state index contributed by atoms with van der Waals surface area (Å²) < 4.78 is 5.34. The fourth-order valence-electron chi connectivity index (χ4n) is 1.48. The SMILES string of the molecule is CC(CO)CN1CCCOCC1. The van der Waals surface area contributed by atoms with Gasteiger partial charge in [0.05, 0.1) is 6.61 Å². The molecule has 1 atom stereocenters. The summed E-state index contributed by atoms with van der Waals surface area (Å²) in [5.74, 6) is 0.392. The van der Waals surface area contributed by atoms with Crippen LogP contribution in [0.1, 0.15) is 13.3 Å². The van der Waals surface area contributed by atoms with Gasteiger partial charge in [-0.1, -0.05) is 6.92 Å². The van der Waals surface area contributed by atoms with Gasteiger partial charge in [0, 0.05) is 32.8 Å². The number of hydrogen-bond acceptors (Lipinski definition) is 3. The molecule has 1 heterocycles. The first-order chi connectivity index (χ1) is 5.83. The van der Waals surface area contributed by atoms with Crippen LogP contribution >= 0.6 is 0 Å². The molecule has 1 rings (SSSR count). The fourth-order valence-corrected chi connectivity index (χ4v) is 1.48. The molecule has 0 aromatic heterocycles. The van der Waals surface area contributed by atoms with Crippen LogP contribution in [0.5, 0.6) is 0 Å². The third-order valence-electron chi connectivity index (χ3n) is 2.20. The highest BCUT2D eigenvalue weighted by atomic mass is 16.5. The maximum Gasteiger partial charge on any atom is 0.0593 e. The van der Waals surface area contributed by atoms with Crippen LogP contribution in [0.2, 0.25) is 0 Å². The van der Waals surface area contributed by atoms with Crippen molar-refractivity contribution in [3.8, 4) is 0 Å². The zero-order chi connectivity index (χ0) is 8.81. The van der Waals surface area contributed by atoms with E-state index in [-0.39, 0.29) is 6.61 Å². The number of aliphatic hydroxyl groups is 1. The van der Waals surface area contributed by atoms with Crippen LogP contribution in [0.15, 0.2) is 0 Å². The van der Waals surface area contributed by atoms with Crippen molar-refractivity contribution >= 4 is 0 Å². The molecule has 72 valence electrons. The summed E-state index contributed by atoms with van der Waals surface area (Å²) in [7, 11) is 0. The van der Waals surface area contributed by atoms with Crippen LogP contribution in [0.4, 0.5) is 0 Å². The predicted octanol–water partition coefficient (Wildman–Crippen LogP) is 0.337. The predicted molar refractivity (Wildman–Crippen MR) is 48.1 cm³/mol. The van der Waals surface area contributed by atoms with Crippen LogP contribution in [0.25, 0.3) is 0 Å². The summed E-state index contributed by atoms with van der Waals surface area (Å²) in [6.45, 7) is 7.24. The van der Waals surface area contributed by atoms with Gasteiger partial charge in [-0.2, -0.15) is 0 Å². The second-order valence-electron chi connectivity index (χ2n) is 3.55. The van der Waals surface area contributed by atoms with Crippen molar-refractivity contribution in [3.05, 3.63) is 0 Å². The zero-order valence-electron chi connectivity index (χ0n) is 7.83. The molecule has 1 saturated heterocycles. The van der Waals surface area contributed by atoms with Crippen molar-refractivity contribution in [2.45, 2.75) is 13.3 Å². The molecular formula is C9H19NO2. The van der Waals surface area contributed by atoms with Crippen LogP contribution in [0, 0.1) is 5.92 Å². The maximum absolute atomic E-state index is 8.88. The summed E-state index contributed by atoms with van der Waals surface area (Å²) in [5.41, 5.74) is 0. The Bertz CT molecular complexity index is 111. The van der Waals surface area contributed by atoms with Gasteiger partial charge in [-0.05, 0) is 12.3 Å². The lowest BCUT2D eigenvalue weighted by molar-refractivity contribution is 0.132. The van der Waals surface area contributed by atoms with Crippen molar-refractivity contribution in [2.75, 3.05) is 39.5 Å². The van der Waals surface area contributed by atoms with Gasteiger partial charge >= 0.3 is 0 Å². The summed E-state index contributed by atoms with van der Waals surface area (Å²) in [6.07, 6.45) is 1.12. The second-order valence-corrected chi connectivity index (χ2v) is 3.55. The monoisotopic (exact) mass is 173 g/mol. The van der Waals surface area contributed by atoms with Crippen LogP contribution in [-0.2, 0) is 4.74 Å². The van der Waals surface area contributed by atoms with E-state index in [1.807, 2.05) is 0 Å². The lowest BCUT2D eigenvalue weighted by Crippen LogP contribution is -2.32. The summed E-state index contributed by atoms with van der Waals surface area (Å²) >= 11 is 0. The molecule has 1 aliphatic rings. The number of aliphatic hydroxyl groups excluding tert-OH is 1. The third-order valence-corrected chi connectivity index (χ3v) is 2.20. The first-order valence-electron chi connectivity index (χ1n) is 4.74. The van der Waals surface area contributed by atoms with E-state index in [9.17, 15) is 0 Å². The summed E-state index contributed by atoms with van der Waals surface area (Å²) in [4.78, 5) is 2.37. The molecular weight excluding hydrogens is 154 g/mol. The molecule has 12 heavy (non-hydrogen) atoms. The zero-order valence-corrected chi connectivity index (χ0v) is 7.83. The molecule has 0 amide bonds. The van der Waals surface area contributed by atoms with Gasteiger partial charge in [0.2, 0.25) is 0 Å². The minimum Gasteiger partial charge on any atom is -0.396 e. The minimum atomic E-state index is 0.289. The van der Waals surface area contributed by atoms with Gasteiger partial charge in [-0.25, -0.2) is 0 Å². The lowest BCUT2D eigenvalue weighted by Gasteiger charge is -2.21. The molecule has 0 radical (unpaired) electrons. The Kier molecular flexibility index (Phi) is 4.58. The highest BCUT2D eigenvalue weighted by Crippen LogP contribution is 2.03. The average Bonchev–Trinajstić information content (AvgIpc) is 2.33. The van der Waals surface area contributed by atoms with Crippen LogP contribution in [-0.4, -0.2) is 49.5 Å². The Morgan fingerprint density at radius 1 is 1.42 bits per heavy atom. The smallest absolute Gasteiger partial charge is 0.0593 e. The molecule has 1 fully saturated rings. The Labute approximate surface area is 74.3 Å². The van der Waals surface area contributed by atoms with Gasteiger partial charge in [0.25, 0.3) is 0 Å². The Balaban J connectivity index is 2.20. The molecule has 0 bridgehead atoms. The van der Waals surface area contributed by atoms with Crippen molar-refractivity contribution in [1.29, 1.82) is 0 Å². The van der Waals surface area contributed by atoms with E-state index in [2.05, 4.69) is 11.8 Å². The molecule has 1 aliphatic heterocycles. The van der Waals surface area contributed by atoms with Gasteiger partial charge in [-0.3, -0.25) is 0 Å². The number of ether oxygens (including phenoxy) is 1. The Morgan fingerprint density at radius 3 is 3.00 bits per heavy atom. The topological polar surface area (TPSA) is 32.7 Å². The van der Waals surface area contributed by atoms with E-state index >= 15 is 0 Å². The molecule has 1 unspecified atom stereocenters. The standard InChI is InChI=1S/C9H19NO2/c1-9(8-11)7-10-3-2-5-12-6-4-10/h9,11H,2-8H2,1H3. The highest BCUT2D eigenvalue weighted by molar-refractivity contribution is 4.64. The molecule has 0 saturated carbocycles. The van der Waals surface area contributed by atoms with Gasteiger partial charge in [-0.15, -0.1) is 0 Å². The second kappa shape index (κ2) is 5.51. The van der Waals surface area contributed by atoms with E-state index in [4.69, 9.17) is 9.84 Å². The first-order valence-corrected chi connectivity index (χ1v) is 4.74. The minimum absolute atomic E-state index is 0.289. The van der Waals surface area contributed by atoms with Gasteiger partial charge in [0.1, 0.15) is 0 Å². The molecule has 0 spiro atoms. The van der Waals surface area contributed by atoms with E-state index in [0.29, 0.717) is 5.92 Å². The first kappa shape index (κ1) is 9.96. The van der Waals surface area contributed by atoms with Crippen LogP contribution in [0.3, 0.4) is 0 Å². The van der Waals surface area contributed by atoms with Crippen molar-refractivity contribution in [1.82, 2.24) is 4.90 Å². The Hall–Kier alpha value is -0.120. The van der Waals surface area contributed by atoms with Crippen molar-refractivity contribution in [3.63, 3.8) is 0 Å². The summed E-state index contributed by atoms with van der Waals surface area (Å²) in [6, 6.07) is 0. The third kappa shape index (κ3) is 3.52. The lowest BCUT2D eigenvalue weighted by atomic mass is 10.2. The van der Waals surface area contributed by atoms with Gasteiger partial charge in [0.15, 0.2) is 0 Å². The molecule has 1 N–H and O–H groups in total. The van der Waals surface area contributed by atoms with E-state index in [1.54, 1.807) is 0 Å². The van der Waals surface area contributed by atoms with E-state index < -0.39 is 0 Å². The normalized spacial score (nSPS) is 23.5. The Morgan fingerprint density at radius 2 is 2.25 bits per heavy atom. The fraction of sp³-hybridized carbons (Fsp3) is 1.00.